The van der Waals surface area contributed by atoms with Crippen molar-refractivity contribution < 1.29 is 4.79 Å². The number of aromatic nitrogens is 1. The number of carbonyl (C=O) groups is 1. The summed E-state index contributed by atoms with van der Waals surface area (Å²) in [6.45, 7) is 7.88. The molecule has 0 aliphatic carbocycles. The van der Waals surface area contributed by atoms with E-state index in [4.69, 9.17) is 0 Å². The van der Waals surface area contributed by atoms with Crippen LogP contribution in [-0.4, -0.2) is 51.9 Å². The molecule has 1 aromatic heterocycles. The minimum absolute atomic E-state index is 0.129. The zero-order valence-electron chi connectivity index (χ0n) is 14.3. The maximum Gasteiger partial charge on any atom is 0.260 e. The van der Waals surface area contributed by atoms with Crippen LogP contribution in [0.1, 0.15) is 55.6 Å². The molecule has 1 aromatic rings. The highest BCUT2D eigenvalue weighted by molar-refractivity contribution is 5.93. The first-order chi connectivity index (χ1) is 11.0. The maximum absolute atomic E-state index is 12.7. The molecule has 2 saturated heterocycles. The number of H-pyrrole nitrogens is 1. The predicted molar refractivity (Wildman–Crippen MR) is 90.7 cm³/mol. The molecule has 2 aliphatic rings. The third-order valence-electron chi connectivity index (χ3n) is 5.41. The van der Waals surface area contributed by atoms with E-state index in [0.717, 1.165) is 31.6 Å². The number of nitrogens with zero attached hydrogens (tertiary/aromatic N) is 2. The Hall–Kier alpha value is -1.62. The average Bonchev–Trinajstić information content (AvgIpc) is 2.86. The molecule has 5 heteroatoms. The molecule has 3 rings (SSSR count). The van der Waals surface area contributed by atoms with Gasteiger partial charge in [-0.25, -0.2) is 0 Å². The van der Waals surface area contributed by atoms with Crippen molar-refractivity contribution in [2.24, 2.45) is 0 Å². The molecule has 3 heterocycles. The van der Waals surface area contributed by atoms with E-state index in [1.165, 1.54) is 12.8 Å². The average molecular weight is 317 g/mol. The highest BCUT2D eigenvalue weighted by atomic mass is 16.2. The van der Waals surface area contributed by atoms with Crippen molar-refractivity contribution in [2.75, 3.05) is 13.1 Å². The fraction of sp³-hybridized carbons (Fsp3) is 0.667. The van der Waals surface area contributed by atoms with Crippen molar-refractivity contribution in [3.05, 3.63) is 33.7 Å². The van der Waals surface area contributed by atoms with Gasteiger partial charge in [-0.15, -0.1) is 0 Å². The van der Waals surface area contributed by atoms with Crippen molar-refractivity contribution in [2.45, 2.75) is 64.6 Å². The summed E-state index contributed by atoms with van der Waals surface area (Å²) in [5.74, 6) is -0.129. The summed E-state index contributed by atoms with van der Waals surface area (Å²) in [6, 6.07) is 5.05. The van der Waals surface area contributed by atoms with Gasteiger partial charge in [0.1, 0.15) is 5.56 Å². The quantitative estimate of drug-likeness (QED) is 0.909. The van der Waals surface area contributed by atoms with Crippen LogP contribution in [0.5, 0.6) is 0 Å². The van der Waals surface area contributed by atoms with Gasteiger partial charge < -0.3 is 9.88 Å². The Morgan fingerprint density at radius 1 is 1.17 bits per heavy atom. The number of piperidine rings is 1. The van der Waals surface area contributed by atoms with Gasteiger partial charge in [0.25, 0.3) is 11.5 Å². The molecular weight excluding hydrogens is 290 g/mol. The molecule has 0 bridgehead atoms. The van der Waals surface area contributed by atoms with Crippen LogP contribution in [0.4, 0.5) is 0 Å². The number of rotatable bonds is 2. The minimum atomic E-state index is -0.278. The van der Waals surface area contributed by atoms with E-state index in [9.17, 15) is 9.59 Å². The van der Waals surface area contributed by atoms with Gasteiger partial charge in [-0.2, -0.15) is 0 Å². The Morgan fingerprint density at radius 2 is 1.87 bits per heavy atom. The van der Waals surface area contributed by atoms with Crippen LogP contribution in [0.25, 0.3) is 0 Å². The first-order valence-electron chi connectivity index (χ1n) is 8.74. The second-order valence-corrected chi connectivity index (χ2v) is 7.15. The lowest BCUT2D eigenvalue weighted by Gasteiger charge is -2.41. The fourth-order valence-electron chi connectivity index (χ4n) is 4.23. The van der Waals surface area contributed by atoms with Gasteiger partial charge in [-0.3, -0.25) is 14.5 Å². The lowest BCUT2D eigenvalue weighted by Crippen LogP contribution is -2.53. The highest BCUT2D eigenvalue weighted by Gasteiger charge is 2.36. The monoisotopic (exact) mass is 317 g/mol. The zero-order valence-corrected chi connectivity index (χ0v) is 14.3. The van der Waals surface area contributed by atoms with Crippen molar-refractivity contribution in [3.8, 4) is 0 Å². The van der Waals surface area contributed by atoms with E-state index in [-0.39, 0.29) is 17.0 Å². The van der Waals surface area contributed by atoms with E-state index in [1.807, 2.05) is 11.8 Å². The lowest BCUT2D eigenvalue weighted by atomic mass is 10.0. The normalized spacial score (nSPS) is 29.0. The van der Waals surface area contributed by atoms with Gasteiger partial charge in [0.2, 0.25) is 0 Å². The molecule has 23 heavy (non-hydrogen) atoms. The third-order valence-corrected chi connectivity index (χ3v) is 5.41. The summed E-state index contributed by atoms with van der Waals surface area (Å²) in [4.78, 5) is 32.0. The molecular formula is C18H27N3O2. The number of nitrogens with one attached hydrogen (secondary N) is 1. The molecule has 0 unspecified atom stereocenters. The number of likely N-dealkylation sites (tertiary alicyclic amines) is 2. The van der Waals surface area contributed by atoms with Crippen molar-refractivity contribution in [1.29, 1.82) is 0 Å². The van der Waals surface area contributed by atoms with Crippen LogP contribution in [0, 0.1) is 6.92 Å². The molecule has 1 amide bonds. The van der Waals surface area contributed by atoms with Crippen molar-refractivity contribution in [3.63, 3.8) is 0 Å². The molecule has 0 spiro atoms. The van der Waals surface area contributed by atoms with Gasteiger partial charge in [0.15, 0.2) is 0 Å². The zero-order chi connectivity index (χ0) is 16.6. The summed E-state index contributed by atoms with van der Waals surface area (Å²) in [5, 5.41) is 0. The van der Waals surface area contributed by atoms with Crippen LogP contribution in [-0.2, 0) is 0 Å². The topological polar surface area (TPSA) is 56.4 Å². The van der Waals surface area contributed by atoms with E-state index in [1.54, 1.807) is 12.1 Å². The maximum atomic E-state index is 12.7. The van der Waals surface area contributed by atoms with Gasteiger partial charge in [-0.1, -0.05) is 0 Å². The van der Waals surface area contributed by atoms with Crippen molar-refractivity contribution in [1.82, 2.24) is 14.8 Å². The largest absolute Gasteiger partial charge is 0.337 e. The predicted octanol–water partition coefficient (Wildman–Crippen LogP) is 2.16. The van der Waals surface area contributed by atoms with E-state index in [0.29, 0.717) is 18.1 Å². The minimum Gasteiger partial charge on any atom is -0.337 e. The Kier molecular flexibility index (Phi) is 4.57. The van der Waals surface area contributed by atoms with Crippen LogP contribution >= 0.6 is 0 Å². The first-order valence-corrected chi connectivity index (χ1v) is 8.74. The first kappa shape index (κ1) is 16.2. The van der Waals surface area contributed by atoms with Gasteiger partial charge in [-0.05, 0) is 58.6 Å². The number of carbonyl (C=O) groups excluding carboxylic acids is 1. The smallest absolute Gasteiger partial charge is 0.260 e. The second kappa shape index (κ2) is 6.48. The highest BCUT2D eigenvalue weighted by Crippen LogP contribution is 2.30. The standard InChI is InChI=1S/C18H27N3O2/c1-12-6-9-16(17(22)19-12)18(23)20-10-4-5-15(11-20)21-13(2)7-8-14(21)3/h6,9,13-15H,4-5,7-8,10-11H2,1-3H3,(H,19,22)/t13-,14-,15+/m1/s1. The summed E-state index contributed by atoms with van der Waals surface area (Å²) in [7, 11) is 0. The van der Waals surface area contributed by atoms with E-state index < -0.39 is 0 Å². The molecule has 3 atom stereocenters. The lowest BCUT2D eigenvalue weighted by molar-refractivity contribution is 0.0485. The fourth-order valence-corrected chi connectivity index (χ4v) is 4.23. The Morgan fingerprint density at radius 3 is 2.52 bits per heavy atom. The molecule has 0 radical (unpaired) electrons. The molecule has 0 saturated carbocycles. The summed E-state index contributed by atoms with van der Waals surface area (Å²) >= 11 is 0. The molecule has 2 fully saturated rings. The SMILES string of the molecule is Cc1ccc(C(=O)N2CCC[C@H](N3[C@H](C)CC[C@H]3C)C2)c(=O)[nH]1. The number of hydrogen-bond donors (Lipinski definition) is 1. The molecule has 1 N–H and O–H groups in total. The summed E-state index contributed by atoms with van der Waals surface area (Å²) in [5.41, 5.74) is 0.765. The van der Waals surface area contributed by atoms with Crippen molar-refractivity contribution >= 4 is 5.91 Å². The summed E-state index contributed by atoms with van der Waals surface area (Å²) in [6.07, 6.45) is 4.63. The number of amides is 1. The summed E-state index contributed by atoms with van der Waals surface area (Å²) < 4.78 is 0. The van der Waals surface area contributed by atoms with Gasteiger partial charge in [0.05, 0.1) is 0 Å². The van der Waals surface area contributed by atoms with Crippen LogP contribution in [0.15, 0.2) is 16.9 Å². The van der Waals surface area contributed by atoms with Crippen LogP contribution in [0.3, 0.4) is 0 Å². The van der Waals surface area contributed by atoms with Crippen LogP contribution in [0.2, 0.25) is 0 Å². The third kappa shape index (κ3) is 3.20. The molecule has 5 nitrogen and oxygen atoms in total. The number of aryl methyl sites for hydroxylation is 1. The molecule has 2 aliphatic heterocycles. The van der Waals surface area contributed by atoms with E-state index >= 15 is 0 Å². The Labute approximate surface area is 137 Å². The molecule has 0 aromatic carbocycles. The van der Waals surface area contributed by atoms with Gasteiger partial charge >= 0.3 is 0 Å². The Balaban J connectivity index is 1.75. The Bertz CT molecular complexity index is 629. The van der Waals surface area contributed by atoms with Gasteiger partial charge in [0, 0.05) is 36.9 Å². The number of aromatic amines is 1. The number of pyridine rings is 1. The van der Waals surface area contributed by atoms with Crippen LogP contribution < -0.4 is 5.56 Å². The second-order valence-electron chi connectivity index (χ2n) is 7.15. The number of hydrogen-bond acceptors (Lipinski definition) is 3. The molecule has 126 valence electrons. The van der Waals surface area contributed by atoms with E-state index in [2.05, 4.69) is 23.7 Å².